The molecule has 0 spiro atoms. The zero-order valence-electron chi connectivity index (χ0n) is 45.3. The minimum Gasteiger partial charge on any atom is -0.307 e. The van der Waals surface area contributed by atoms with E-state index in [-0.39, 0.29) is 0 Å². The minimum absolute atomic E-state index is 0.503. The third kappa shape index (κ3) is 6.52. The van der Waals surface area contributed by atoms with Crippen molar-refractivity contribution in [1.82, 2.24) is 18.3 Å². The Hall–Kier alpha value is -11.2. The number of benzene rings is 12. The lowest BCUT2D eigenvalue weighted by molar-refractivity contribution is 0.982. The molecule has 17 rings (SSSR count). The van der Waals surface area contributed by atoms with Gasteiger partial charge < -0.3 is 18.3 Å². The third-order valence-electron chi connectivity index (χ3n) is 17.8. The lowest BCUT2D eigenvalue weighted by atomic mass is 9.92. The minimum atomic E-state index is 0.503. The summed E-state index contributed by atoms with van der Waals surface area (Å²) in [5.41, 5.74) is 16.5. The Morgan fingerprint density at radius 3 is 1.19 bits per heavy atom. The second-order valence-corrected chi connectivity index (χ2v) is 22.0. The number of hydrogen-bond donors (Lipinski definition) is 0. The summed E-state index contributed by atoms with van der Waals surface area (Å²) in [6, 6.07) is 88.3. The molecule has 0 bridgehead atoms. The van der Waals surface area contributed by atoms with Crippen molar-refractivity contribution in [2.24, 2.45) is 0 Å². The van der Waals surface area contributed by atoms with E-state index in [0.29, 0.717) is 11.1 Å². The summed E-state index contributed by atoms with van der Waals surface area (Å²) in [4.78, 5) is 0. The molecule has 1 aliphatic carbocycles. The highest BCUT2D eigenvalue weighted by molar-refractivity contribution is 6.23. The molecular weight excluding hydrogens is 1010 g/mol. The molecular formula is C77H48N6. The van der Waals surface area contributed by atoms with E-state index in [1.807, 2.05) is 12.1 Å². The second kappa shape index (κ2) is 17.9. The van der Waals surface area contributed by atoms with E-state index in [0.717, 1.165) is 167 Å². The number of fused-ring (bicyclic) bond motifs is 16. The number of aromatic nitrogens is 4. The van der Waals surface area contributed by atoms with Gasteiger partial charge in [0, 0.05) is 59.4 Å². The lowest BCUT2D eigenvalue weighted by Crippen LogP contribution is -2.17. The SMILES string of the molecule is Cc1c(C2=CC=CCC2)n(-c2c(-c3ccc(C#N)cc3)c(-n3c4ccccc4c4ccc5ccccc5c43)c(-n3c4ccccc4c4ccc5ccccc5c43)c(C#N)c2-n2c3ccccc3c3ccc4ccccc4c32)c2ccccc12. The van der Waals surface area contributed by atoms with Crippen LogP contribution in [0.5, 0.6) is 0 Å². The Bertz CT molecular complexity index is 5660. The van der Waals surface area contributed by atoms with Gasteiger partial charge in [-0.15, -0.1) is 0 Å². The fraction of sp³-hybridized carbons (Fsp3) is 0.0390. The van der Waals surface area contributed by atoms with Gasteiger partial charge in [-0.3, -0.25) is 0 Å². The maximum Gasteiger partial charge on any atom is 0.104 e. The van der Waals surface area contributed by atoms with Crippen LogP contribution in [0.15, 0.2) is 249 Å². The van der Waals surface area contributed by atoms with Crippen molar-refractivity contribution in [1.29, 1.82) is 10.5 Å². The van der Waals surface area contributed by atoms with Gasteiger partial charge in [0.2, 0.25) is 0 Å². The highest BCUT2D eigenvalue weighted by atomic mass is 15.1. The van der Waals surface area contributed by atoms with Crippen LogP contribution < -0.4 is 0 Å². The molecule has 0 saturated heterocycles. The van der Waals surface area contributed by atoms with Gasteiger partial charge in [0.15, 0.2) is 0 Å². The molecule has 0 N–H and O–H groups in total. The molecule has 6 heteroatoms. The van der Waals surface area contributed by atoms with E-state index in [9.17, 15) is 10.5 Å². The zero-order valence-corrected chi connectivity index (χ0v) is 45.3. The number of nitriles is 2. The van der Waals surface area contributed by atoms with Crippen LogP contribution in [0, 0.1) is 29.6 Å². The molecule has 0 saturated carbocycles. The van der Waals surface area contributed by atoms with Crippen molar-refractivity contribution in [3.8, 4) is 46.0 Å². The summed E-state index contributed by atoms with van der Waals surface area (Å²) in [6.45, 7) is 2.27. The van der Waals surface area contributed by atoms with Crippen LogP contribution in [-0.2, 0) is 0 Å². The van der Waals surface area contributed by atoms with Gasteiger partial charge in [-0.2, -0.15) is 10.5 Å². The Labute approximate surface area is 477 Å². The van der Waals surface area contributed by atoms with Crippen molar-refractivity contribution in [3.05, 3.63) is 271 Å². The monoisotopic (exact) mass is 1060 g/mol. The summed E-state index contributed by atoms with van der Waals surface area (Å²) < 4.78 is 9.90. The van der Waals surface area contributed by atoms with E-state index in [1.54, 1.807) is 0 Å². The standard InChI is InChI=1S/C77H48N6/c1-47-54-24-11-15-31-65(54)80(70(47)53-22-3-2-4-23-53)76-69(52-37-35-48(45-78)36-38-52)77(83-68-34-18-14-30-60(68)63-44-41-51-21-7-10-27-57(51)73(63)83)75(82-67-33-17-13-29-59(67)62-43-40-50-20-6-9-26-56(50)72(62)82)64(46-79)74(76)81-66-32-16-12-28-58(66)61-42-39-49-19-5-8-25-55(49)71(61)81/h2-3,5-22,24-44H,4,23H2,1H3. The van der Waals surface area contributed by atoms with Gasteiger partial charge in [-0.1, -0.05) is 212 Å². The van der Waals surface area contributed by atoms with E-state index >= 15 is 0 Å². The smallest absolute Gasteiger partial charge is 0.104 e. The topological polar surface area (TPSA) is 67.3 Å². The highest BCUT2D eigenvalue weighted by Gasteiger charge is 2.36. The van der Waals surface area contributed by atoms with Crippen molar-refractivity contribution in [3.63, 3.8) is 0 Å². The molecule has 12 aromatic carbocycles. The van der Waals surface area contributed by atoms with Crippen molar-refractivity contribution < 1.29 is 0 Å². The predicted octanol–water partition coefficient (Wildman–Crippen LogP) is 19.8. The molecule has 4 aromatic heterocycles. The second-order valence-electron chi connectivity index (χ2n) is 22.0. The summed E-state index contributed by atoms with van der Waals surface area (Å²) in [7, 11) is 0. The molecule has 0 aliphatic heterocycles. The molecule has 386 valence electrons. The van der Waals surface area contributed by atoms with Gasteiger partial charge in [0.25, 0.3) is 0 Å². The van der Waals surface area contributed by atoms with Gasteiger partial charge in [-0.05, 0) is 89.0 Å². The van der Waals surface area contributed by atoms with Crippen LogP contribution in [0.2, 0.25) is 0 Å². The average molecular weight is 1060 g/mol. The van der Waals surface area contributed by atoms with Gasteiger partial charge >= 0.3 is 0 Å². The first-order valence-electron chi connectivity index (χ1n) is 28.4. The molecule has 1 aliphatic rings. The molecule has 83 heavy (non-hydrogen) atoms. The summed E-state index contributed by atoms with van der Waals surface area (Å²) in [5, 5.41) is 38.2. The molecule has 4 heterocycles. The Morgan fingerprint density at radius 2 is 0.759 bits per heavy atom. The maximum absolute atomic E-state index is 13.3. The Morgan fingerprint density at radius 1 is 0.361 bits per heavy atom. The van der Waals surface area contributed by atoms with Crippen LogP contribution in [0.25, 0.3) is 148 Å². The molecule has 0 amide bonds. The van der Waals surface area contributed by atoms with Crippen molar-refractivity contribution >= 4 is 114 Å². The number of allylic oxidation sites excluding steroid dienone is 4. The number of para-hydroxylation sites is 4. The van der Waals surface area contributed by atoms with E-state index in [4.69, 9.17) is 0 Å². The van der Waals surface area contributed by atoms with Crippen LogP contribution in [0.4, 0.5) is 0 Å². The first kappa shape index (κ1) is 46.7. The normalized spacial score (nSPS) is 12.8. The number of hydrogen-bond acceptors (Lipinski definition) is 2. The van der Waals surface area contributed by atoms with Crippen LogP contribution in [0.1, 0.15) is 35.2 Å². The Balaban J connectivity index is 1.26. The lowest BCUT2D eigenvalue weighted by Gasteiger charge is -2.30. The first-order valence-corrected chi connectivity index (χ1v) is 28.4. The fourth-order valence-electron chi connectivity index (χ4n) is 14.4. The quantitative estimate of drug-likeness (QED) is 0.167. The average Bonchev–Trinajstić information content (AvgIpc) is 2.12. The largest absolute Gasteiger partial charge is 0.307 e. The highest BCUT2D eigenvalue weighted by Crippen LogP contribution is 2.54. The molecule has 0 fully saturated rings. The van der Waals surface area contributed by atoms with Crippen molar-refractivity contribution in [2.45, 2.75) is 19.8 Å². The van der Waals surface area contributed by atoms with Gasteiger partial charge in [-0.25, -0.2) is 0 Å². The molecule has 16 aromatic rings. The Kier molecular flexibility index (Phi) is 10.1. The summed E-state index contributed by atoms with van der Waals surface area (Å²) in [5.74, 6) is 0. The van der Waals surface area contributed by atoms with E-state index < -0.39 is 0 Å². The molecule has 6 nitrogen and oxygen atoms in total. The van der Waals surface area contributed by atoms with Gasteiger partial charge in [0.1, 0.15) is 11.6 Å². The predicted molar refractivity (Wildman–Crippen MR) is 345 cm³/mol. The molecule has 0 atom stereocenters. The number of rotatable bonds is 6. The van der Waals surface area contributed by atoms with Crippen LogP contribution >= 0.6 is 0 Å². The fourth-order valence-corrected chi connectivity index (χ4v) is 14.4. The van der Waals surface area contributed by atoms with Gasteiger partial charge in [0.05, 0.1) is 78.7 Å². The summed E-state index contributed by atoms with van der Waals surface area (Å²) in [6.07, 6.45) is 8.47. The zero-order chi connectivity index (χ0) is 55.0. The number of nitrogens with zero attached hydrogens (tertiary/aromatic N) is 6. The van der Waals surface area contributed by atoms with E-state index in [2.05, 4.69) is 274 Å². The molecule has 0 radical (unpaired) electrons. The van der Waals surface area contributed by atoms with Crippen LogP contribution in [-0.4, -0.2) is 18.3 Å². The van der Waals surface area contributed by atoms with E-state index in [1.165, 1.54) is 5.57 Å². The summed E-state index contributed by atoms with van der Waals surface area (Å²) >= 11 is 0. The maximum atomic E-state index is 13.3. The first-order chi connectivity index (χ1) is 41.1. The third-order valence-corrected chi connectivity index (χ3v) is 17.8. The number of aryl methyl sites for hydroxylation is 1. The van der Waals surface area contributed by atoms with Crippen LogP contribution in [0.3, 0.4) is 0 Å². The molecule has 0 unspecified atom stereocenters. The van der Waals surface area contributed by atoms with Crippen molar-refractivity contribution in [2.75, 3.05) is 0 Å².